The Balaban J connectivity index is 2.29. The number of nitrogens with zero attached hydrogens (tertiary/aromatic N) is 2. The lowest BCUT2D eigenvalue weighted by atomic mass is 9.91. The van der Waals surface area contributed by atoms with Gasteiger partial charge in [-0.15, -0.1) is 0 Å². The SMILES string of the molecule is CC1CC(C)(C)CC1n1ncc(Br)c1N. The Labute approximate surface area is 99.2 Å². The maximum absolute atomic E-state index is 5.99. The van der Waals surface area contributed by atoms with Crippen LogP contribution < -0.4 is 5.73 Å². The number of nitrogen functional groups attached to an aromatic ring is 1. The van der Waals surface area contributed by atoms with Gasteiger partial charge in [-0.05, 0) is 40.1 Å². The smallest absolute Gasteiger partial charge is 0.136 e. The van der Waals surface area contributed by atoms with E-state index < -0.39 is 0 Å². The molecule has 3 nitrogen and oxygen atoms in total. The Morgan fingerprint density at radius 1 is 1.53 bits per heavy atom. The third kappa shape index (κ3) is 1.92. The zero-order chi connectivity index (χ0) is 11.2. The fourth-order valence-electron chi connectivity index (χ4n) is 2.80. The third-order valence-corrected chi connectivity index (χ3v) is 4.01. The van der Waals surface area contributed by atoms with Crippen molar-refractivity contribution >= 4 is 21.7 Å². The van der Waals surface area contributed by atoms with Gasteiger partial charge in [-0.3, -0.25) is 0 Å². The number of rotatable bonds is 1. The second-order valence-electron chi connectivity index (χ2n) is 5.44. The molecular formula is C11H18BrN3. The van der Waals surface area contributed by atoms with Crippen molar-refractivity contribution in [1.82, 2.24) is 9.78 Å². The fraction of sp³-hybridized carbons (Fsp3) is 0.727. The largest absolute Gasteiger partial charge is 0.383 e. The van der Waals surface area contributed by atoms with Crippen molar-refractivity contribution < 1.29 is 0 Å². The molecule has 0 amide bonds. The molecule has 0 aromatic carbocycles. The van der Waals surface area contributed by atoms with Gasteiger partial charge in [-0.2, -0.15) is 5.10 Å². The van der Waals surface area contributed by atoms with Gasteiger partial charge >= 0.3 is 0 Å². The summed E-state index contributed by atoms with van der Waals surface area (Å²) >= 11 is 3.40. The first-order valence-electron chi connectivity index (χ1n) is 5.39. The molecule has 1 aliphatic carbocycles. The Morgan fingerprint density at radius 2 is 2.20 bits per heavy atom. The highest BCUT2D eigenvalue weighted by Crippen LogP contribution is 2.48. The lowest BCUT2D eigenvalue weighted by Gasteiger charge is -2.18. The highest BCUT2D eigenvalue weighted by atomic mass is 79.9. The highest BCUT2D eigenvalue weighted by molar-refractivity contribution is 9.10. The molecule has 15 heavy (non-hydrogen) atoms. The van der Waals surface area contributed by atoms with E-state index in [2.05, 4.69) is 41.8 Å². The van der Waals surface area contributed by atoms with Crippen LogP contribution in [0.4, 0.5) is 5.82 Å². The average Bonchev–Trinajstić information content (AvgIpc) is 2.55. The first kappa shape index (κ1) is 11.0. The predicted molar refractivity (Wildman–Crippen MR) is 65.6 cm³/mol. The normalized spacial score (nSPS) is 29.6. The maximum atomic E-state index is 5.99. The van der Waals surface area contributed by atoms with E-state index in [1.165, 1.54) is 6.42 Å². The molecular weight excluding hydrogens is 254 g/mol. The minimum Gasteiger partial charge on any atom is -0.383 e. The third-order valence-electron chi connectivity index (χ3n) is 3.39. The Bertz CT molecular complexity index is 370. The van der Waals surface area contributed by atoms with E-state index in [4.69, 9.17) is 5.73 Å². The van der Waals surface area contributed by atoms with Gasteiger partial charge < -0.3 is 5.73 Å². The fourth-order valence-corrected chi connectivity index (χ4v) is 3.07. The van der Waals surface area contributed by atoms with Gasteiger partial charge in [-0.25, -0.2) is 4.68 Å². The van der Waals surface area contributed by atoms with Crippen LogP contribution in [0.3, 0.4) is 0 Å². The van der Waals surface area contributed by atoms with Crippen LogP contribution in [0.25, 0.3) is 0 Å². The molecule has 0 radical (unpaired) electrons. The number of halogens is 1. The molecule has 0 aliphatic heterocycles. The molecule has 1 fully saturated rings. The van der Waals surface area contributed by atoms with Gasteiger partial charge in [0.2, 0.25) is 0 Å². The predicted octanol–water partition coefficient (Wildman–Crippen LogP) is 3.23. The van der Waals surface area contributed by atoms with E-state index >= 15 is 0 Å². The molecule has 1 aliphatic rings. The van der Waals surface area contributed by atoms with Crippen LogP contribution in [0.5, 0.6) is 0 Å². The molecule has 1 aromatic heterocycles. The summed E-state index contributed by atoms with van der Waals surface area (Å²) in [4.78, 5) is 0. The second-order valence-corrected chi connectivity index (χ2v) is 6.29. The molecule has 4 heteroatoms. The molecule has 2 N–H and O–H groups in total. The number of hydrogen-bond acceptors (Lipinski definition) is 2. The summed E-state index contributed by atoms with van der Waals surface area (Å²) in [5, 5.41) is 4.36. The zero-order valence-corrected chi connectivity index (χ0v) is 11.1. The number of aromatic nitrogens is 2. The van der Waals surface area contributed by atoms with Crippen LogP contribution in [0.2, 0.25) is 0 Å². The van der Waals surface area contributed by atoms with Gasteiger partial charge in [0, 0.05) is 0 Å². The van der Waals surface area contributed by atoms with Crippen molar-refractivity contribution in [3.8, 4) is 0 Å². The summed E-state index contributed by atoms with van der Waals surface area (Å²) in [5.74, 6) is 1.40. The zero-order valence-electron chi connectivity index (χ0n) is 9.50. The molecule has 84 valence electrons. The molecule has 0 bridgehead atoms. The Hall–Kier alpha value is -0.510. The van der Waals surface area contributed by atoms with Crippen molar-refractivity contribution in [3.05, 3.63) is 10.7 Å². The topological polar surface area (TPSA) is 43.8 Å². The number of hydrogen-bond donors (Lipinski definition) is 1. The summed E-state index contributed by atoms with van der Waals surface area (Å²) in [7, 11) is 0. The van der Waals surface area contributed by atoms with Crippen LogP contribution in [0, 0.1) is 11.3 Å². The van der Waals surface area contributed by atoms with Crippen LogP contribution >= 0.6 is 15.9 Å². The monoisotopic (exact) mass is 271 g/mol. The van der Waals surface area contributed by atoms with Crippen LogP contribution in [-0.4, -0.2) is 9.78 Å². The summed E-state index contributed by atoms with van der Waals surface area (Å²) in [6, 6.07) is 0.450. The van der Waals surface area contributed by atoms with Crippen LogP contribution in [-0.2, 0) is 0 Å². The Kier molecular flexibility index (Phi) is 2.57. The minimum absolute atomic E-state index is 0.412. The standard InChI is InChI=1S/C11H18BrN3/c1-7-4-11(2,3)5-9(7)15-10(13)8(12)6-14-15/h6-7,9H,4-5,13H2,1-3H3. The van der Waals surface area contributed by atoms with Crippen molar-refractivity contribution in [2.24, 2.45) is 11.3 Å². The summed E-state index contributed by atoms with van der Waals surface area (Å²) in [6.45, 7) is 6.92. The average molecular weight is 272 g/mol. The van der Waals surface area contributed by atoms with Gasteiger partial charge in [0.25, 0.3) is 0 Å². The van der Waals surface area contributed by atoms with Crippen molar-refractivity contribution in [2.75, 3.05) is 5.73 Å². The first-order chi connectivity index (χ1) is 6.91. The molecule has 1 aromatic rings. The molecule has 1 heterocycles. The second kappa shape index (κ2) is 3.51. The molecule has 2 atom stereocenters. The van der Waals surface area contributed by atoms with Crippen LogP contribution in [0.15, 0.2) is 10.7 Å². The lowest BCUT2D eigenvalue weighted by Crippen LogP contribution is -2.15. The highest BCUT2D eigenvalue weighted by Gasteiger charge is 2.38. The van der Waals surface area contributed by atoms with E-state index in [9.17, 15) is 0 Å². The molecule has 0 saturated heterocycles. The van der Waals surface area contributed by atoms with E-state index in [1.54, 1.807) is 6.20 Å². The summed E-state index contributed by atoms with van der Waals surface area (Å²) in [5.41, 5.74) is 6.40. The molecule has 0 spiro atoms. The van der Waals surface area contributed by atoms with Gasteiger partial charge in [0.15, 0.2) is 0 Å². The number of nitrogens with two attached hydrogens (primary N) is 1. The summed E-state index contributed by atoms with van der Waals surface area (Å²) < 4.78 is 2.88. The van der Waals surface area contributed by atoms with E-state index in [0.717, 1.165) is 16.7 Å². The molecule has 2 unspecified atom stereocenters. The van der Waals surface area contributed by atoms with Gasteiger partial charge in [0.1, 0.15) is 5.82 Å². The van der Waals surface area contributed by atoms with E-state index in [-0.39, 0.29) is 0 Å². The van der Waals surface area contributed by atoms with E-state index in [0.29, 0.717) is 17.4 Å². The van der Waals surface area contributed by atoms with Crippen molar-refractivity contribution in [3.63, 3.8) is 0 Å². The van der Waals surface area contributed by atoms with Gasteiger partial charge in [0.05, 0.1) is 16.7 Å². The maximum Gasteiger partial charge on any atom is 0.136 e. The first-order valence-corrected chi connectivity index (χ1v) is 6.18. The lowest BCUT2D eigenvalue weighted by molar-refractivity contribution is 0.350. The van der Waals surface area contributed by atoms with Crippen molar-refractivity contribution in [2.45, 2.75) is 39.7 Å². The van der Waals surface area contributed by atoms with Crippen molar-refractivity contribution in [1.29, 1.82) is 0 Å². The number of anilines is 1. The molecule has 2 rings (SSSR count). The summed E-state index contributed by atoms with van der Waals surface area (Å²) in [6.07, 6.45) is 4.19. The van der Waals surface area contributed by atoms with Gasteiger partial charge in [-0.1, -0.05) is 20.8 Å². The minimum atomic E-state index is 0.412. The van der Waals surface area contributed by atoms with E-state index in [1.807, 2.05) is 4.68 Å². The molecule has 1 saturated carbocycles. The van der Waals surface area contributed by atoms with Crippen LogP contribution in [0.1, 0.15) is 39.7 Å². The Morgan fingerprint density at radius 3 is 2.60 bits per heavy atom. The quantitative estimate of drug-likeness (QED) is 0.853.